The van der Waals surface area contributed by atoms with Crippen molar-refractivity contribution in [3.05, 3.63) is 36.3 Å². The van der Waals surface area contributed by atoms with Gasteiger partial charge in [0.25, 0.3) is 0 Å². The molecular formula is C13H15N5O2. The first-order valence-electron chi connectivity index (χ1n) is 6.09. The predicted octanol–water partition coefficient (Wildman–Crippen LogP) is 1.92. The van der Waals surface area contributed by atoms with E-state index < -0.39 is 5.97 Å². The molecule has 0 atom stereocenters. The third-order valence-electron chi connectivity index (χ3n) is 2.58. The van der Waals surface area contributed by atoms with Crippen molar-refractivity contribution in [2.45, 2.75) is 19.8 Å². The molecule has 0 saturated carbocycles. The van der Waals surface area contributed by atoms with Gasteiger partial charge in [-0.1, -0.05) is 13.8 Å². The van der Waals surface area contributed by atoms with E-state index in [1.54, 1.807) is 18.6 Å². The fraction of sp³-hybridized carbons (Fsp3) is 0.308. The molecule has 0 aliphatic carbocycles. The van der Waals surface area contributed by atoms with Gasteiger partial charge in [0.1, 0.15) is 6.33 Å². The van der Waals surface area contributed by atoms with E-state index in [2.05, 4.69) is 25.3 Å². The molecule has 0 spiro atoms. The zero-order valence-corrected chi connectivity index (χ0v) is 11.5. The normalized spacial score (nSPS) is 10.4. The smallest absolute Gasteiger partial charge is 0.360 e. The monoisotopic (exact) mass is 273 g/mol. The topological polar surface area (TPSA) is 89.9 Å². The van der Waals surface area contributed by atoms with Gasteiger partial charge in [-0.2, -0.15) is 0 Å². The maximum absolute atomic E-state index is 11.8. The molecule has 2 aromatic rings. The van der Waals surface area contributed by atoms with Gasteiger partial charge in [-0.3, -0.25) is 0 Å². The highest BCUT2D eigenvalue weighted by molar-refractivity contribution is 5.93. The van der Waals surface area contributed by atoms with Crippen molar-refractivity contribution < 1.29 is 9.53 Å². The molecule has 2 heterocycles. The average molecular weight is 273 g/mol. The molecule has 0 aliphatic heterocycles. The van der Waals surface area contributed by atoms with E-state index in [0.717, 1.165) is 5.69 Å². The first-order valence-corrected chi connectivity index (χ1v) is 6.09. The molecule has 0 amide bonds. The summed E-state index contributed by atoms with van der Waals surface area (Å²) in [5.41, 5.74) is 1.48. The molecule has 2 aromatic heterocycles. The lowest BCUT2D eigenvalue weighted by atomic mass is 10.1. The van der Waals surface area contributed by atoms with Crippen molar-refractivity contribution in [2.75, 3.05) is 12.4 Å². The average Bonchev–Trinajstić information content (AvgIpc) is 2.47. The maximum Gasteiger partial charge on any atom is 0.360 e. The molecule has 2 rings (SSSR count). The lowest BCUT2D eigenvalue weighted by molar-refractivity contribution is 0.0594. The lowest BCUT2D eigenvalue weighted by Crippen LogP contribution is -2.12. The van der Waals surface area contributed by atoms with Gasteiger partial charge in [-0.05, 0) is 5.92 Å². The maximum atomic E-state index is 11.8. The predicted molar refractivity (Wildman–Crippen MR) is 72.8 cm³/mol. The van der Waals surface area contributed by atoms with E-state index in [1.165, 1.54) is 13.4 Å². The number of methoxy groups -OCH3 is 1. The van der Waals surface area contributed by atoms with E-state index in [-0.39, 0.29) is 11.6 Å². The lowest BCUT2D eigenvalue weighted by Gasteiger charge is -2.11. The summed E-state index contributed by atoms with van der Waals surface area (Å²) in [6.07, 6.45) is 6.20. The number of aromatic nitrogens is 4. The number of hydrogen-bond donors (Lipinski definition) is 1. The number of carbonyl (C=O) groups excluding carboxylic acids is 1. The van der Waals surface area contributed by atoms with Crippen molar-refractivity contribution in [1.82, 2.24) is 19.9 Å². The third-order valence-corrected chi connectivity index (χ3v) is 2.58. The number of esters is 1. The molecule has 0 saturated heterocycles. The van der Waals surface area contributed by atoms with Crippen molar-refractivity contribution in [3.8, 4) is 0 Å². The molecule has 7 heteroatoms. The number of nitrogens with zero attached hydrogens (tertiary/aromatic N) is 4. The fourth-order valence-electron chi connectivity index (χ4n) is 1.51. The minimum atomic E-state index is -0.542. The molecule has 0 bridgehead atoms. The van der Waals surface area contributed by atoms with Crippen LogP contribution >= 0.6 is 0 Å². The standard InChI is InChI=1S/C13H15N5O2/c1-8(2)10-6-16-12(11(18-10)13(19)20-3)17-9-4-14-7-15-5-9/h4-8H,1-3H3,(H,16,17). The van der Waals surface area contributed by atoms with Crippen LogP contribution in [0.3, 0.4) is 0 Å². The molecule has 104 valence electrons. The second-order valence-electron chi connectivity index (χ2n) is 4.39. The summed E-state index contributed by atoms with van der Waals surface area (Å²) in [5.74, 6) is -0.0598. The highest BCUT2D eigenvalue weighted by Gasteiger charge is 2.17. The molecule has 0 fully saturated rings. The Morgan fingerprint density at radius 2 is 1.95 bits per heavy atom. The Morgan fingerprint density at radius 3 is 2.55 bits per heavy atom. The fourth-order valence-corrected chi connectivity index (χ4v) is 1.51. The van der Waals surface area contributed by atoms with E-state index in [0.29, 0.717) is 11.5 Å². The van der Waals surface area contributed by atoms with Crippen LogP contribution in [-0.4, -0.2) is 33.0 Å². The Kier molecular flexibility index (Phi) is 4.19. The van der Waals surface area contributed by atoms with Crippen LogP contribution in [0.5, 0.6) is 0 Å². The van der Waals surface area contributed by atoms with Crippen LogP contribution in [0.15, 0.2) is 24.9 Å². The summed E-state index contributed by atoms with van der Waals surface area (Å²) in [4.78, 5) is 28.1. The summed E-state index contributed by atoms with van der Waals surface area (Å²) in [6.45, 7) is 3.95. The minimum absolute atomic E-state index is 0.141. The van der Waals surface area contributed by atoms with Gasteiger partial charge < -0.3 is 10.1 Å². The van der Waals surface area contributed by atoms with Crippen molar-refractivity contribution >= 4 is 17.5 Å². The van der Waals surface area contributed by atoms with E-state index in [1.807, 2.05) is 13.8 Å². The second-order valence-corrected chi connectivity index (χ2v) is 4.39. The Balaban J connectivity index is 2.39. The molecule has 1 N–H and O–H groups in total. The van der Waals surface area contributed by atoms with Crippen LogP contribution in [0.25, 0.3) is 0 Å². The van der Waals surface area contributed by atoms with E-state index >= 15 is 0 Å². The number of anilines is 2. The van der Waals surface area contributed by atoms with Gasteiger partial charge in [0, 0.05) is 0 Å². The number of nitrogens with one attached hydrogen (secondary N) is 1. The molecule has 0 radical (unpaired) electrons. The molecule has 0 aliphatic rings. The largest absolute Gasteiger partial charge is 0.464 e. The highest BCUT2D eigenvalue weighted by atomic mass is 16.5. The quantitative estimate of drug-likeness (QED) is 0.851. The van der Waals surface area contributed by atoms with Gasteiger partial charge >= 0.3 is 5.97 Å². The van der Waals surface area contributed by atoms with Crippen molar-refractivity contribution in [2.24, 2.45) is 0 Å². The van der Waals surface area contributed by atoms with Crippen LogP contribution in [0, 0.1) is 0 Å². The van der Waals surface area contributed by atoms with Crippen LogP contribution in [-0.2, 0) is 4.74 Å². The van der Waals surface area contributed by atoms with Gasteiger partial charge in [-0.15, -0.1) is 0 Å². The number of ether oxygens (including phenoxy) is 1. The number of hydrogen-bond acceptors (Lipinski definition) is 7. The molecule has 20 heavy (non-hydrogen) atoms. The molecule has 0 unspecified atom stereocenters. The Bertz CT molecular complexity index is 601. The second kappa shape index (κ2) is 6.05. The zero-order valence-electron chi connectivity index (χ0n) is 11.5. The summed E-state index contributed by atoms with van der Waals surface area (Å²) in [6, 6.07) is 0. The van der Waals surface area contributed by atoms with Crippen LogP contribution < -0.4 is 5.32 Å². The zero-order chi connectivity index (χ0) is 14.5. The van der Waals surface area contributed by atoms with Crippen LogP contribution in [0.2, 0.25) is 0 Å². The van der Waals surface area contributed by atoms with E-state index in [9.17, 15) is 4.79 Å². The number of carbonyl (C=O) groups is 1. The summed E-state index contributed by atoms with van der Waals surface area (Å²) < 4.78 is 4.74. The third kappa shape index (κ3) is 3.05. The molecule has 7 nitrogen and oxygen atoms in total. The highest BCUT2D eigenvalue weighted by Crippen LogP contribution is 2.19. The summed E-state index contributed by atoms with van der Waals surface area (Å²) in [7, 11) is 1.31. The first-order chi connectivity index (χ1) is 9.61. The van der Waals surface area contributed by atoms with Gasteiger partial charge in [0.2, 0.25) is 0 Å². The van der Waals surface area contributed by atoms with Crippen LogP contribution in [0.4, 0.5) is 11.5 Å². The van der Waals surface area contributed by atoms with Gasteiger partial charge in [-0.25, -0.2) is 24.7 Å². The van der Waals surface area contributed by atoms with E-state index in [4.69, 9.17) is 4.74 Å². The van der Waals surface area contributed by atoms with Gasteiger partial charge in [0.05, 0.1) is 37.1 Å². The summed E-state index contributed by atoms with van der Waals surface area (Å²) >= 11 is 0. The Hall–Kier alpha value is -2.57. The van der Waals surface area contributed by atoms with Crippen molar-refractivity contribution in [1.29, 1.82) is 0 Å². The number of rotatable bonds is 4. The first kappa shape index (κ1) is 13.9. The van der Waals surface area contributed by atoms with Gasteiger partial charge in [0.15, 0.2) is 11.5 Å². The molecule has 0 aromatic carbocycles. The Morgan fingerprint density at radius 1 is 1.25 bits per heavy atom. The Labute approximate surface area is 116 Å². The van der Waals surface area contributed by atoms with Crippen LogP contribution in [0.1, 0.15) is 35.9 Å². The van der Waals surface area contributed by atoms with Crippen molar-refractivity contribution in [3.63, 3.8) is 0 Å². The summed E-state index contributed by atoms with van der Waals surface area (Å²) in [5, 5.41) is 2.95. The minimum Gasteiger partial charge on any atom is -0.464 e. The SMILES string of the molecule is COC(=O)c1nc(C(C)C)cnc1Nc1cncnc1. The molecular weight excluding hydrogens is 258 g/mol.